The van der Waals surface area contributed by atoms with E-state index in [2.05, 4.69) is 21.2 Å². The van der Waals surface area contributed by atoms with Crippen LogP contribution in [0.1, 0.15) is 43.6 Å². The average molecular weight is 356 g/mol. The maximum Gasteiger partial charge on any atom is 0.270 e. The van der Waals surface area contributed by atoms with Crippen LogP contribution in [0.25, 0.3) is 0 Å². The van der Waals surface area contributed by atoms with Crippen molar-refractivity contribution >= 4 is 27.7 Å². The summed E-state index contributed by atoms with van der Waals surface area (Å²) in [4.78, 5) is 25.9. The molecule has 21 heavy (non-hydrogen) atoms. The van der Waals surface area contributed by atoms with Gasteiger partial charge >= 0.3 is 0 Å². The first-order valence-electron chi connectivity index (χ1n) is 7.49. The van der Waals surface area contributed by atoms with E-state index in [4.69, 9.17) is 0 Å². The molecule has 2 amide bonds. The van der Waals surface area contributed by atoms with Gasteiger partial charge in [-0.1, -0.05) is 6.92 Å². The number of likely N-dealkylation sites (tertiary alicyclic amines) is 1. The summed E-state index contributed by atoms with van der Waals surface area (Å²) in [6.45, 7) is 6.04. The van der Waals surface area contributed by atoms with E-state index in [1.54, 1.807) is 0 Å². The fourth-order valence-electron chi connectivity index (χ4n) is 2.63. The Kier molecular flexibility index (Phi) is 5.45. The van der Waals surface area contributed by atoms with Gasteiger partial charge in [0.15, 0.2) is 0 Å². The van der Waals surface area contributed by atoms with Crippen molar-refractivity contribution < 1.29 is 9.59 Å². The molecule has 0 saturated carbocycles. The third-order valence-electron chi connectivity index (χ3n) is 3.89. The Morgan fingerprint density at radius 2 is 2.00 bits per heavy atom. The Morgan fingerprint density at radius 1 is 1.33 bits per heavy atom. The Hall–Kier alpha value is -1.30. The minimum Gasteiger partial charge on any atom is -0.353 e. The Bertz CT molecular complexity index is 519. The first-order chi connectivity index (χ1) is 10.0. The van der Waals surface area contributed by atoms with Gasteiger partial charge in [0.2, 0.25) is 5.91 Å². The average Bonchev–Trinajstić information content (AvgIpc) is 2.88. The zero-order chi connectivity index (χ0) is 15.4. The lowest BCUT2D eigenvalue weighted by Gasteiger charge is -2.32. The van der Waals surface area contributed by atoms with Crippen LogP contribution in [-0.4, -0.2) is 40.4 Å². The lowest BCUT2D eigenvalue weighted by Crippen LogP contribution is -2.46. The minimum atomic E-state index is 0.0721. The minimum absolute atomic E-state index is 0.0721. The number of aromatic nitrogens is 1. The highest BCUT2D eigenvalue weighted by atomic mass is 79.9. The number of carbonyl (C=O) groups is 2. The highest BCUT2D eigenvalue weighted by Crippen LogP contribution is 2.19. The number of carbonyl (C=O) groups excluding carboxylic acids is 2. The number of rotatable bonds is 4. The topological polar surface area (TPSA) is 54.3 Å². The van der Waals surface area contributed by atoms with Gasteiger partial charge in [-0.15, -0.1) is 0 Å². The van der Waals surface area contributed by atoms with Gasteiger partial charge in [-0.05, 0) is 41.8 Å². The van der Waals surface area contributed by atoms with Crippen molar-refractivity contribution in [3.05, 3.63) is 22.4 Å². The fourth-order valence-corrected chi connectivity index (χ4v) is 3.10. The van der Waals surface area contributed by atoms with Crippen LogP contribution < -0.4 is 5.32 Å². The molecule has 0 aliphatic carbocycles. The predicted octanol–water partition coefficient (Wildman–Crippen LogP) is 2.40. The first-order valence-corrected chi connectivity index (χ1v) is 8.28. The molecule has 6 heteroatoms. The first kappa shape index (κ1) is 16.1. The third kappa shape index (κ3) is 3.87. The number of hydrogen-bond donors (Lipinski definition) is 1. The van der Waals surface area contributed by atoms with Crippen LogP contribution in [-0.2, 0) is 11.3 Å². The Labute approximate surface area is 133 Å². The summed E-state index contributed by atoms with van der Waals surface area (Å²) in [5.41, 5.74) is 0.723. The fraction of sp³-hybridized carbons (Fsp3) is 0.600. The molecule has 0 aromatic carbocycles. The van der Waals surface area contributed by atoms with Crippen LogP contribution >= 0.6 is 15.9 Å². The molecule has 116 valence electrons. The van der Waals surface area contributed by atoms with Gasteiger partial charge in [-0.25, -0.2) is 0 Å². The molecule has 0 bridgehead atoms. The van der Waals surface area contributed by atoms with E-state index in [1.165, 1.54) is 0 Å². The number of nitrogens with zero attached hydrogens (tertiary/aromatic N) is 2. The van der Waals surface area contributed by atoms with Crippen molar-refractivity contribution in [3.63, 3.8) is 0 Å². The molecule has 1 N–H and O–H groups in total. The molecule has 0 spiro atoms. The highest BCUT2D eigenvalue weighted by molar-refractivity contribution is 9.10. The van der Waals surface area contributed by atoms with E-state index in [-0.39, 0.29) is 17.9 Å². The van der Waals surface area contributed by atoms with Crippen molar-refractivity contribution in [1.29, 1.82) is 0 Å². The van der Waals surface area contributed by atoms with Crippen molar-refractivity contribution in [3.8, 4) is 0 Å². The van der Waals surface area contributed by atoms with Crippen LogP contribution in [0.3, 0.4) is 0 Å². The van der Waals surface area contributed by atoms with Crippen LogP contribution in [0.15, 0.2) is 16.7 Å². The lowest BCUT2D eigenvalue weighted by molar-refractivity contribution is -0.121. The van der Waals surface area contributed by atoms with E-state index in [9.17, 15) is 9.59 Å². The van der Waals surface area contributed by atoms with Crippen molar-refractivity contribution in [2.24, 2.45) is 0 Å². The zero-order valence-electron chi connectivity index (χ0n) is 12.6. The van der Waals surface area contributed by atoms with E-state index in [0.717, 1.165) is 29.6 Å². The summed E-state index contributed by atoms with van der Waals surface area (Å²) in [5, 5.41) is 3.00. The number of halogens is 1. The van der Waals surface area contributed by atoms with Crippen molar-refractivity contribution in [2.45, 2.75) is 45.7 Å². The molecule has 2 rings (SSSR count). The maximum absolute atomic E-state index is 12.6. The summed E-state index contributed by atoms with van der Waals surface area (Å²) in [5.74, 6) is 0.159. The molecule has 0 atom stereocenters. The van der Waals surface area contributed by atoms with Gasteiger partial charge in [0.1, 0.15) is 5.69 Å². The standard InChI is InChI=1S/C15H22BrN3O2/c1-3-14(20)17-12-5-7-19(8-6-12)15(21)13-9-11(16)10-18(13)4-2/h9-10,12H,3-8H2,1-2H3,(H,17,20). The molecular formula is C15H22BrN3O2. The highest BCUT2D eigenvalue weighted by Gasteiger charge is 2.26. The number of hydrogen-bond acceptors (Lipinski definition) is 2. The molecule has 1 aliphatic heterocycles. The molecule has 1 aromatic rings. The maximum atomic E-state index is 12.6. The molecule has 1 aliphatic rings. The summed E-state index contributed by atoms with van der Waals surface area (Å²) in [6, 6.07) is 2.07. The van der Waals surface area contributed by atoms with Crippen LogP contribution in [0.4, 0.5) is 0 Å². The second-order valence-corrected chi connectivity index (χ2v) is 6.23. The van der Waals surface area contributed by atoms with E-state index in [0.29, 0.717) is 19.5 Å². The smallest absolute Gasteiger partial charge is 0.270 e. The predicted molar refractivity (Wildman–Crippen MR) is 85.2 cm³/mol. The number of amides is 2. The van der Waals surface area contributed by atoms with Crippen LogP contribution in [0.5, 0.6) is 0 Å². The molecule has 1 saturated heterocycles. The molecule has 0 unspecified atom stereocenters. The molecule has 1 fully saturated rings. The van der Waals surface area contributed by atoms with E-state index < -0.39 is 0 Å². The van der Waals surface area contributed by atoms with Crippen LogP contribution in [0, 0.1) is 0 Å². The zero-order valence-corrected chi connectivity index (χ0v) is 14.1. The normalized spacial score (nSPS) is 16.0. The van der Waals surface area contributed by atoms with Crippen molar-refractivity contribution in [2.75, 3.05) is 13.1 Å². The second kappa shape index (κ2) is 7.11. The summed E-state index contributed by atoms with van der Waals surface area (Å²) in [6.07, 6.45) is 4.09. The largest absolute Gasteiger partial charge is 0.353 e. The van der Waals surface area contributed by atoms with Gasteiger partial charge in [-0.3, -0.25) is 9.59 Å². The Balaban J connectivity index is 1.95. The van der Waals surface area contributed by atoms with Gasteiger partial charge in [0.25, 0.3) is 5.91 Å². The molecule has 1 aromatic heterocycles. The summed E-state index contributed by atoms with van der Waals surface area (Å²) < 4.78 is 2.88. The number of piperidine rings is 1. The quantitative estimate of drug-likeness (QED) is 0.901. The monoisotopic (exact) mass is 355 g/mol. The SMILES string of the molecule is CCC(=O)NC1CCN(C(=O)c2cc(Br)cn2CC)CC1. The molecule has 0 radical (unpaired) electrons. The second-order valence-electron chi connectivity index (χ2n) is 5.32. The molecular weight excluding hydrogens is 334 g/mol. The number of aryl methyl sites for hydroxylation is 1. The lowest BCUT2D eigenvalue weighted by atomic mass is 10.0. The van der Waals surface area contributed by atoms with Gasteiger partial charge in [0, 0.05) is 42.8 Å². The van der Waals surface area contributed by atoms with Gasteiger partial charge in [-0.2, -0.15) is 0 Å². The third-order valence-corrected chi connectivity index (χ3v) is 4.33. The molecule has 5 nitrogen and oxygen atoms in total. The number of nitrogens with one attached hydrogen (secondary N) is 1. The summed E-state index contributed by atoms with van der Waals surface area (Å²) in [7, 11) is 0. The van der Waals surface area contributed by atoms with E-state index in [1.807, 2.05) is 35.6 Å². The van der Waals surface area contributed by atoms with Gasteiger partial charge < -0.3 is 14.8 Å². The van der Waals surface area contributed by atoms with Crippen LogP contribution in [0.2, 0.25) is 0 Å². The molecule has 2 heterocycles. The summed E-state index contributed by atoms with van der Waals surface area (Å²) >= 11 is 3.42. The van der Waals surface area contributed by atoms with Gasteiger partial charge in [0.05, 0.1) is 0 Å². The van der Waals surface area contributed by atoms with Crippen molar-refractivity contribution in [1.82, 2.24) is 14.8 Å². The Morgan fingerprint density at radius 3 is 2.57 bits per heavy atom. The van der Waals surface area contributed by atoms with E-state index >= 15 is 0 Å².